The number of nitrogens with zero attached hydrogens (tertiary/aromatic N) is 1. The van der Waals surface area contributed by atoms with E-state index in [-0.39, 0.29) is 5.56 Å². The van der Waals surface area contributed by atoms with E-state index in [0.29, 0.717) is 22.9 Å². The van der Waals surface area contributed by atoms with Crippen LogP contribution in [0.15, 0.2) is 47.6 Å². The molecule has 0 aromatic heterocycles. The molecule has 0 radical (unpaired) electrons. The van der Waals surface area contributed by atoms with Gasteiger partial charge in [0.05, 0.1) is 18.4 Å². The lowest BCUT2D eigenvalue weighted by Gasteiger charge is -2.10. The smallest absolute Gasteiger partial charge is 0.416 e. The van der Waals surface area contributed by atoms with Gasteiger partial charge in [-0.15, -0.1) is 0 Å². The zero-order valence-electron chi connectivity index (χ0n) is 17.3. The van der Waals surface area contributed by atoms with Gasteiger partial charge in [-0.05, 0) is 42.8 Å². The first-order valence-electron chi connectivity index (χ1n) is 10.2. The van der Waals surface area contributed by atoms with Crippen molar-refractivity contribution < 1.29 is 22.7 Å². The second-order valence-electron chi connectivity index (χ2n) is 7.08. The van der Waals surface area contributed by atoms with Crippen LogP contribution in [-0.2, 0) is 6.18 Å². The standard InChI is InChI=1S/C23H26ClF3N2O2/c1-2-3-4-5-6-7-13-31-21-12-11-20(24)15-18(21)16-28-29-22(30)17-9-8-10-19(14-17)23(25,26)27/h8-12,14-16H,2-7,13H2,1H3,(H,29,30)/b28-16+. The highest BCUT2D eigenvalue weighted by Gasteiger charge is 2.30. The number of unbranched alkanes of at least 4 members (excludes halogenated alkanes) is 5. The van der Waals surface area contributed by atoms with Gasteiger partial charge >= 0.3 is 6.18 Å². The van der Waals surface area contributed by atoms with Crippen molar-refractivity contribution in [1.29, 1.82) is 0 Å². The number of hydrogen-bond acceptors (Lipinski definition) is 3. The largest absolute Gasteiger partial charge is 0.493 e. The van der Waals surface area contributed by atoms with Crippen molar-refractivity contribution >= 4 is 23.7 Å². The van der Waals surface area contributed by atoms with E-state index in [1.807, 2.05) is 0 Å². The summed E-state index contributed by atoms with van der Waals surface area (Å²) in [5.74, 6) is -0.186. The molecule has 1 amide bonds. The first-order chi connectivity index (χ1) is 14.8. The summed E-state index contributed by atoms with van der Waals surface area (Å²) in [6.07, 6.45) is 3.68. The second-order valence-corrected chi connectivity index (χ2v) is 7.51. The Labute approximate surface area is 185 Å². The Kier molecular flexibility index (Phi) is 9.85. The Morgan fingerprint density at radius 3 is 2.58 bits per heavy atom. The van der Waals surface area contributed by atoms with Gasteiger partial charge in [0.2, 0.25) is 0 Å². The lowest BCUT2D eigenvalue weighted by Crippen LogP contribution is -2.18. The predicted octanol–water partition coefficient (Wildman–Crippen LogP) is 6.86. The minimum Gasteiger partial charge on any atom is -0.493 e. The van der Waals surface area contributed by atoms with Crippen LogP contribution in [-0.4, -0.2) is 18.7 Å². The van der Waals surface area contributed by atoms with E-state index in [0.717, 1.165) is 25.0 Å². The fourth-order valence-corrected chi connectivity index (χ4v) is 3.06. The predicted molar refractivity (Wildman–Crippen MR) is 117 cm³/mol. The molecule has 0 saturated carbocycles. The van der Waals surface area contributed by atoms with Gasteiger partial charge in [-0.1, -0.05) is 56.7 Å². The number of halogens is 4. The van der Waals surface area contributed by atoms with Crippen LogP contribution in [0.3, 0.4) is 0 Å². The van der Waals surface area contributed by atoms with E-state index in [1.54, 1.807) is 18.2 Å². The molecule has 2 aromatic carbocycles. The minimum atomic E-state index is -4.53. The molecule has 0 aliphatic heterocycles. The van der Waals surface area contributed by atoms with Crippen LogP contribution in [0.2, 0.25) is 5.02 Å². The summed E-state index contributed by atoms with van der Waals surface area (Å²) >= 11 is 6.04. The third-order valence-electron chi connectivity index (χ3n) is 4.55. The van der Waals surface area contributed by atoms with Crippen molar-refractivity contribution in [2.75, 3.05) is 6.61 Å². The number of rotatable bonds is 11. The van der Waals surface area contributed by atoms with Crippen molar-refractivity contribution in [3.63, 3.8) is 0 Å². The van der Waals surface area contributed by atoms with Crippen molar-refractivity contribution in [1.82, 2.24) is 5.43 Å². The summed E-state index contributed by atoms with van der Waals surface area (Å²) in [7, 11) is 0. The maximum absolute atomic E-state index is 12.8. The average molecular weight is 455 g/mol. The van der Waals surface area contributed by atoms with Crippen LogP contribution in [0, 0.1) is 0 Å². The number of carbonyl (C=O) groups excluding carboxylic acids is 1. The monoisotopic (exact) mass is 454 g/mol. The maximum Gasteiger partial charge on any atom is 0.416 e. The second kappa shape index (κ2) is 12.3. The molecule has 8 heteroatoms. The van der Waals surface area contributed by atoms with Gasteiger partial charge in [-0.3, -0.25) is 4.79 Å². The fourth-order valence-electron chi connectivity index (χ4n) is 2.88. The third kappa shape index (κ3) is 8.61. The van der Waals surface area contributed by atoms with E-state index in [4.69, 9.17) is 16.3 Å². The molecular weight excluding hydrogens is 429 g/mol. The highest BCUT2D eigenvalue weighted by atomic mass is 35.5. The van der Waals surface area contributed by atoms with E-state index in [1.165, 1.54) is 44.0 Å². The number of hydrogen-bond donors (Lipinski definition) is 1. The van der Waals surface area contributed by atoms with E-state index in [2.05, 4.69) is 17.5 Å². The molecule has 0 unspecified atom stereocenters. The highest BCUT2D eigenvalue weighted by Crippen LogP contribution is 2.29. The lowest BCUT2D eigenvalue weighted by molar-refractivity contribution is -0.137. The molecule has 31 heavy (non-hydrogen) atoms. The molecule has 168 valence electrons. The van der Waals surface area contributed by atoms with Crippen LogP contribution < -0.4 is 10.2 Å². The first kappa shape index (κ1) is 24.7. The molecule has 0 aliphatic rings. The topological polar surface area (TPSA) is 50.7 Å². The molecule has 0 spiro atoms. The number of nitrogens with one attached hydrogen (secondary N) is 1. The molecule has 4 nitrogen and oxygen atoms in total. The zero-order valence-corrected chi connectivity index (χ0v) is 18.1. The number of alkyl halides is 3. The van der Waals surface area contributed by atoms with Crippen molar-refractivity contribution in [3.8, 4) is 5.75 Å². The molecule has 2 rings (SSSR count). The molecule has 1 N–H and O–H groups in total. The van der Waals surface area contributed by atoms with Gasteiger partial charge in [-0.2, -0.15) is 18.3 Å². The minimum absolute atomic E-state index is 0.141. The Hall–Kier alpha value is -2.54. The van der Waals surface area contributed by atoms with E-state index < -0.39 is 17.6 Å². The molecular formula is C23H26ClF3N2O2. The summed E-state index contributed by atoms with van der Waals surface area (Å²) in [6.45, 7) is 2.72. The quantitative estimate of drug-likeness (QED) is 0.229. The summed E-state index contributed by atoms with van der Waals surface area (Å²) in [5, 5.41) is 4.32. The van der Waals surface area contributed by atoms with Gasteiger partial charge < -0.3 is 4.74 Å². The van der Waals surface area contributed by atoms with Crippen LogP contribution in [0.4, 0.5) is 13.2 Å². The van der Waals surface area contributed by atoms with Crippen molar-refractivity contribution in [3.05, 3.63) is 64.2 Å². The number of ether oxygens (including phenoxy) is 1. The SMILES string of the molecule is CCCCCCCCOc1ccc(Cl)cc1/C=N/NC(=O)c1cccc(C(F)(F)F)c1. The molecule has 0 heterocycles. The molecule has 2 aromatic rings. The molecule has 0 bridgehead atoms. The van der Waals surface area contributed by atoms with Gasteiger partial charge in [0.25, 0.3) is 5.91 Å². The van der Waals surface area contributed by atoms with Crippen LogP contribution in [0.25, 0.3) is 0 Å². The number of carbonyl (C=O) groups is 1. The summed E-state index contributed by atoms with van der Waals surface area (Å²) < 4.78 is 44.2. The zero-order chi connectivity index (χ0) is 22.7. The van der Waals surface area contributed by atoms with Crippen LogP contribution in [0.5, 0.6) is 5.75 Å². The maximum atomic E-state index is 12.8. The number of hydrazone groups is 1. The Balaban J connectivity index is 1.94. The van der Waals surface area contributed by atoms with Crippen molar-refractivity contribution in [2.45, 2.75) is 51.6 Å². The van der Waals surface area contributed by atoms with E-state index >= 15 is 0 Å². The first-order valence-corrected chi connectivity index (χ1v) is 10.6. The fraction of sp³-hybridized carbons (Fsp3) is 0.391. The van der Waals surface area contributed by atoms with Gasteiger partial charge in [-0.25, -0.2) is 5.43 Å². The molecule has 0 fully saturated rings. The normalized spacial score (nSPS) is 11.6. The highest BCUT2D eigenvalue weighted by molar-refractivity contribution is 6.30. The third-order valence-corrected chi connectivity index (χ3v) is 4.78. The summed E-state index contributed by atoms with van der Waals surface area (Å²) in [6, 6.07) is 9.18. The van der Waals surface area contributed by atoms with Crippen molar-refractivity contribution in [2.24, 2.45) is 5.10 Å². The van der Waals surface area contributed by atoms with Crippen LogP contribution in [0.1, 0.15) is 66.9 Å². The molecule has 0 saturated heterocycles. The lowest BCUT2D eigenvalue weighted by atomic mass is 10.1. The Morgan fingerprint density at radius 2 is 1.84 bits per heavy atom. The average Bonchev–Trinajstić information content (AvgIpc) is 2.73. The summed E-state index contributed by atoms with van der Waals surface area (Å²) in [5.41, 5.74) is 1.75. The number of amides is 1. The number of benzene rings is 2. The Bertz CT molecular complexity index is 885. The molecule has 0 aliphatic carbocycles. The Morgan fingerprint density at radius 1 is 1.10 bits per heavy atom. The summed E-state index contributed by atoms with van der Waals surface area (Å²) in [4.78, 5) is 12.1. The van der Waals surface area contributed by atoms with Gasteiger partial charge in [0.15, 0.2) is 0 Å². The van der Waals surface area contributed by atoms with E-state index in [9.17, 15) is 18.0 Å². The van der Waals surface area contributed by atoms with Gasteiger partial charge in [0, 0.05) is 16.1 Å². The van der Waals surface area contributed by atoms with Crippen LogP contribution >= 0.6 is 11.6 Å². The molecule has 0 atom stereocenters. The van der Waals surface area contributed by atoms with Gasteiger partial charge in [0.1, 0.15) is 5.75 Å².